The normalized spacial score (nSPS) is 28.4. The number of anilines is 1. The monoisotopic (exact) mass is 411 g/mol. The number of hydrogen-bond donors (Lipinski definition) is 1. The molecule has 1 saturated heterocycles. The molecule has 2 aliphatic carbocycles. The number of carbonyl (C=O) groups is 1. The average Bonchev–Trinajstić information content (AvgIpc) is 3.31. The van der Waals surface area contributed by atoms with Crippen molar-refractivity contribution in [1.82, 2.24) is 20.4 Å². The van der Waals surface area contributed by atoms with Crippen molar-refractivity contribution < 1.29 is 14.1 Å². The zero-order valence-electron chi connectivity index (χ0n) is 17.6. The van der Waals surface area contributed by atoms with Crippen molar-refractivity contribution in [3.8, 4) is 11.5 Å². The molecule has 0 radical (unpaired) electrons. The van der Waals surface area contributed by atoms with Gasteiger partial charge in [-0.05, 0) is 62.5 Å². The minimum absolute atomic E-state index is 0.0295. The molecule has 160 valence electrons. The van der Waals surface area contributed by atoms with Crippen LogP contribution in [0.4, 0.5) is 5.82 Å². The third kappa shape index (κ3) is 4.19. The average molecular weight is 412 g/mol. The van der Waals surface area contributed by atoms with Gasteiger partial charge in [-0.15, -0.1) is 0 Å². The number of fused-ring (bicyclic) bond motifs is 1. The van der Waals surface area contributed by atoms with Crippen molar-refractivity contribution in [2.24, 2.45) is 17.8 Å². The minimum atomic E-state index is 0.0295. The van der Waals surface area contributed by atoms with Crippen molar-refractivity contribution in [2.45, 2.75) is 51.7 Å². The van der Waals surface area contributed by atoms with Crippen LogP contribution in [-0.2, 0) is 9.53 Å². The van der Waals surface area contributed by atoms with E-state index in [0.717, 1.165) is 49.8 Å². The fraction of sp³-hybridized carbons (Fsp3) is 0.636. The van der Waals surface area contributed by atoms with Crippen LogP contribution in [0.1, 0.15) is 38.4 Å². The molecule has 0 bridgehead atoms. The lowest BCUT2D eigenvalue weighted by Crippen LogP contribution is -2.50. The molecule has 8 heteroatoms. The van der Waals surface area contributed by atoms with E-state index in [1.54, 1.807) is 20.0 Å². The molecule has 2 aromatic heterocycles. The van der Waals surface area contributed by atoms with Crippen molar-refractivity contribution in [3.05, 3.63) is 24.2 Å². The van der Waals surface area contributed by atoms with Crippen LogP contribution in [-0.4, -0.2) is 52.9 Å². The molecule has 3 heterocycles. The van der Waals surface area contributed by atoms with E-state index >= 15 is 0 Å². The number of aryl methyl sites for hydroxylation is 1. The molecule has 30 heavy (non-hydrogen) atoms. The molecule has 1 amide bonds. The summed E-state index contributed by atoms with van der Waals surface area (Å²) in [5.74, 6) is 3.95. The molecule has 4 atom stereocenters. The highest BCUT2D eigenvalue weighted by atomic mass is 16.5. The first-order valence-corrected chi connectivity index (χ1v) is 11.0. The largest absolute Gasteiger partial charge is 0.376 e. The van der Waals surface area contributed by atoms with Crippen LogP contribution >= 0.6 is 0 Å². The van der Waals surface area contributed by atoms with Crippen LogP contribution in [0.5, 0.6) is 0 Å². The Kier molecular flexibility index (Phi) is 5.18. The summed E-state index contributed by atoms with van der Waals surface area (Å²) in [6, 6.07) is 4.12. The highest BCUT2D eigenvalue weighted by Gasteiger charge is 2.43. The Hall–Kier alpha value is -2.48. The summed E-state index contributed by atoms with van der Waals surface area (Å²) >= 11 is 0. The van der Waals surface area contributed by atoms with Gasteiger partial charge in [0, 0.05) is 32.8 Å². The zero-order chi connectivity index (χ0) is 20.7. The molecule has 1 N–H and O–H groups in total. The van der Waals surface area contributed by atoms with Crippen molar-refractivity contribution in [1.29, 1.82) is 0 Å². The fourth-order valence-corrected chi connectivity index (χ4v) is 4.86. The Morgan fingerprint density at radius 3 is 2.70 bits per heavy atom. The van der Waals surface area contributed by atoms with E-state index in [4.69, 9.17) is 9.26 Å². The quantitative estimate of drug-likeness (QED) is 0.781. The Morgan fingerprint density at radius 1 is 1.27 bits per heavy atom. The number of ether oxygens (including phenoxy) is 1. The maximum atomic E-state index is 11.7. The van der Waals surface area contributed by atoms with Gasteiger partial charge in [0.2, 0.25) is 5.91 Å². The van der Waals surface area contributed by atoms with Crippen LogP contribution in [0.3, 0.4) is 0 Å². The summed E-state index contributed by atoms with van der Waals surface area (Å²) in [5, 5.41) is 6.99. The van der Waals surface area contributed by atoms with Gasteiger partial charge in [0.15, 0.2) is 5.82 Å². The Labute approximate surface area is 176 Å². The first-order valence-electron chi connectivity index (χ1n) is 11.0. The number of aromatic nitrogens is 3. The van der Waals surface area contributed by atoms with Gasteiger partial charge in [0.05, 0.1) is 17.7 Å². The second-order valence-electron chi connectivity index (χ2n) is 9.07. The lowest BCUT2D eigenvalue weighted by molar-refractivity contribution is -0.122. The summed E-state index contributed by atoms with van der Waals surface area (Å²) in [7, 11) is 0. The molecular formula is C22H29N5O3. The van der Waals surface area contributed by atoms with Crippen LogP contribution in [0.15, 0.2) is 22.9 Å². The molecule has 0 unspecified atom stereocenters. The Morgan fingerprint density at radius 2 is 2.07 bits per heavy atom. The smallest absolute Gasteiger partial charge is 0.259 e. The second-order valence-corrected chi connectivity index (χ2v) is 9.07. The zero-order valence-corrected chi connectivity index (χ0v) is 17.6. The molecule has 1 aliphatic heterocycles. The topological polar surface area (TPSA) is 93.4 Å². The number of pyridine rings is 1. The van der Waals surface area contributed by atoms with Gasteiger partial charge in [-0.1, -0.05) is 5.16 Å². The molecule has 2 saturated carbocycles. The predicted octanol–water partition coefficient (Wildman–Crippen LogP) is 2.59. The van der Waals surface area contributed by atoms with Crippen LogP contribution in [0.2, 0.25) is 0 Å². The van der Waals surface area contributed by atoms with Gasteiger partial charge < -0.3 is 19.5 Å². The molecular weight excluding hydrogens is 382 g/mol. The summed E-state index contributed by atoms with van der Waals surface area (Å²) in [6.45, 7) is 6.17. The fourth-order valence-electron chi connectivity index (χ4n) is 4.86. The summed E-state index contributed by atoms with van der Waals surface area (Å²) in [4.78, 5) is 23.0. The van der Waals surface area contributed by atoms with Crippen LogP contribution in [0, 0.1) is 24.7 Å². The molecule has 5 rings (SSSR count). The molecule has 0 aromatic carbocycles. The summed E-state index contributed by atoms with van der Waals surface area (Å²) < 4.78 is 11.5. The standard InChI is InChI=1S/C22H29N5O3/c1-13-24-22(30-26-13)16-5-6-21(23-9-16)27-10-17-7-19(25-14(2)28)20(8-18(17)11-27)29-12-15-3-4-15/h5-6,9,15,17-20H,3-4,7-8,10-12H2,1-2H3,(H,25,28)/t17-,18+,19-,20-/m1/s1. The SMILES string of the molecule is CC(=O)N[C@@H]1C[C@@H]2CN(c3ccc(-c4nc(C)no4)cn3)C[C@@H]2C[C@H]1OCC1CC1. The third-order valence-corrected chi connectivity index (χ3v) is 6.59. The van der Waals surface area contributed by atoms with E-state index in [2.05, 4.69) is 25.3 Å². The van der Waals surface area contributed by atoms with Crippen LogP contribution < -0.4 is 10.2 Å². The molecule has 0 spiro atoms. The van der Waals surface area contributed by atoms with Gasteiger partial charge >= 0.3 is 0 Å². The van der Waals surface area contributed by atoms with Crippen molar-refractivity contribution >= 4 is 11.7 Å². The lowest BCUT2D eigenvalue weighted by Gasteiger charge is -2.38. The minimum Gasteiger partial charge on any atom is -0.376 e. The van der Waals surface area contributed by atoms with E-state index in [1.165, 1.54) is 12.8 Å². The summed E-state index contributed by atoms with van der Waals surface area (Å²) in [6.07, 6.45) is 6.44. The molecule has 3 aliphatic rings. The summed E-state index contributed by atoms with van der Waals surface area (Å²) in [5.41, 5.74) is 0.829. The van der Waals surface area contributed by atoms with Crippen molar-refractivity contribution in [3.63, 3.8) is 0 Å². The van der Waals surface area contributed by atoms with Gasteiger partial charge in [0.25, 0.3) is 5.89 Å². The van der Waals surface area contributed by atoms with Gasteiger partial charge in [0.1, 0.15) is 5.82 Å². The number of nitrogens with one attached hydrogen (secondary N) is 1. The van der Waals surface area contributed by atoms with Crippen molar-refractivity contribution in [2.75, 3.05) is 24.6 Å². The highest BCUT2D eigenvalue weighted by Crippen LogP contribution is 2.40. The van der Waals surface area contributed by atoms with Gasteiger partial charge in [-0.25, -0.2) is 4.98 Å². The van der Waals surface area contributed by atoms with E-state index < -0.39 is 0 Å². The van der Waals surface area contributed by atoms with E-state index in [9.17, 15) is 4.79 Å². The number of rotatable bonds is 6. The number of nitrogens with zero attached hydrogens (tertiary/aromatic N) is 4. The highest BCUT2D eigenvalue weighted by molar-refractivity contribution is 5.73. The third-order valence-electron chi connectivity index (χ3n) is 6.59. The number of carbonyl (C=O) groups excluding carboxylic acids is 1. The maximum Gasteiger partial charge on any atom is 0.259 e. The number of amides is 1. The van der Waals surface area contributed by atoms with Gasteiger partial charge in [-0.2, -0.15) is 4.98 Å². The van der Waals surface area contributed by atoms with Crippen LogP contribution in [0.25, 0.3) is 11.5 Å². The maximum absolute atomic E-state index is 11.7. The Bertz CT molecular complexity index is 894. The second kappa shape index (κ2) is 7.98. The first-order chi connectivity index (χ1) is 14.5. The van der Waals surface area contributed by atoms with E-state index in [-0.39, 0.29) is 18.1 Å². The predicted molar refractivity (Wildman–Crippen MR) is 111 cm³/mol. The molecule has 8 nitrogen and oxygen atoms in total. The van der Waals surface area contributed by atoms with E-state index in [0.29, 0.717) is 23.6 Å². The van der Waals surface area contributed by atoms with E-state index in [1.807, 2.05) is 12.1 Å². The number of hydrogen-bond acceptors (Lipinski definition) is 7. The Balaban J connectivity index is 1.26. The first kappa shape index (κ1) is 19.5. The molecule has 2 aromatic rings. The molecule has 3 fully saturated rings. The van der Waals surface area contributed by atoms with Gasteiger partial charge in [-0.3, -0.25) is 4.79 Å². The lowest BCUT2D eigenvalue weighted by atomic mass is 9.77.